The second kappa shape index (κ2) is 10.2. The van der Waals surface area contributed by atoms with Gasteiger partial charge in [-0.1, -0.05) is 35.3 Å². The highest BCUT2D eigenvalue weighted by Crippen LogP contribution is 2.41. The van der Waals surface area contributed by atoms with Crippen molar-refractivity contribution in [1.82, 2.24) is 19.9 Å². The van der Waals surface area contributed by atoms with E-state index in [4.69, 9.17) is 27.9 Å². The van der Waals surface area contributed by atoms with Gasteiger partial charge in [0.05, 0.1) is 23.2 Å². The average Bonchev–Trinajstić information content (AvgIpc) is 2.90. The fraction of sp³-hybridized carbons (Fsp3) is 0.0769. The third kappa shape index (κ3) is 4.75. The molecule has 0 aliphatic carbocycles. The molecule has 1 atom stereocenters. The molecule has 0 radical (unpaired) electrons. The highest BCUT2D eigenvalue weighted by Gasteiger charge is 2.17. The first-order valence-electron chi connectivity index (χ1n) is 10.8. The Bertz CT molecular complexity index is 1620. The van der Waals surface area contributed by atoms with Gasteiger partial charge in [-0.3, -0.25) is 4.72 Å². The zero-order chi connectivity index (χ0) is 25.2. The minimum Gasteiger partial charge on any atom is -0.496 e. The second-order valence-electron chi connectivity index (χ2n) is 7.84. The second-order valence-corrected chi connectivity index (χ2v) is 9.87. The Morgan fingerprint density at radius 1 is 0.889 bits per heavy atom. The third-order valence-corrected chi connectivity index (χ3v) is 7.37. The summed E-state index contributed by atoms with van der Waals surface area (Å²) in [4.78, 5) is 17.5. The van der Waals surface area contributed by atoms with E-state index in [0.29, 0.717) is 37.5 Å². The highest BCUT2D eigenvalue weighted by molar-refractivity contribution is 7.86. The number of fused-ring (bicyclic) bond motifs is 1. The molecule has 0 fully saturated rings. The standard InChI is InChI=1S/C26H19Cl2N5O2S/c1-15-4-5-16(10-21(15)27)19-13-24(35-2)20(12-22(19)28)25-18-7-6-17(11-23(18)31-14-32-25)36(34)33-26-29-8-3-9-30-26/h3-14H,1-2H3,(H,29,30,33). The smallest absolute Gasteiger partial charge is 0.234 e. The van der Waals surface area contributed by atoms with E-state index in [9.17, 15) is 4.21 Å². The van der Waals surface area contributed by atoms with E-state index in [2.05, 4.69) is 24.7 Å². The normalized spacial score (nSPS) is 11.9. The van der Waals surface area contributed by atoms with Crippen molar-refractivity contribution in [3.63, 3.8) is 0 Å². The van der Waals surface area contributed by atoms with Crippen molar-refractivity contribution in [3.8, 4) is 28.1 Å². The number of anilines is 1. The van der Waals surface area contributed by atoms with Crippen molar-refractivity contribution in [2.24, 2.45) is 0 Å². The predicted molar refractivity (Wildman–Crippen MR) is 144 cm³/mol. The minimum atomic E-state index is -1.57. The SMILES string of the molecule is COc1cc(-c2ccc(C)c(Cl)c2)c(Cl)cc1-c1ncnc2cc(S(=O)Nc3ncccn3)ccc12. The van der Waals surface area contributed by atoms with Gasteiger partial charge in [-0.05, 0) is 60.5 Å². The maximum Gasteiger partial charge on any atom is 0.234 e. The van der Waals surface area contributed by atoms with Gasteiger partial charge in [0.15, 0.2) is 11.0 Å². The molecule has 2 heterocycles. The lowest BCUT2D eigenvalue weighted by Gasteiger charge is -2.15. The Labute approximate surface area is 220 Å². The molecule has 0 saturated carbocycles. The molecule has 10 heteroatoms. The third-order valence-electron chi connectivity index (χ3n) is 5.60. The Balaban J connectivity index is 1.55. The van der Waals surface area contributed by atoms with E-state index in [1.165, 1.54) is 6.33 Å². The molecular formula is C26H19Cl2N5O2S. The predicted octanol–water partition coefficient (Wildman–Crippen LogP) is 6.51. The van der Waals surface area contributed by atoms with Gasteiger partial charge in [-0.25, -0.2) is 24.1 Å². The first kappa shape index (κ1) is 24.1. The van der Waals surface area contributed by atoms with Crippen LogP contribution in [0.5, 0.6) is 5.75 Å². The Morgan fingerprint density at radius 2 is 1.69 bits per heavy atom. The number of benzene rings is 3. The van der Waals surface area contributed by atoms with Crippen LogP contribution in [-0.4, -0.2) is 31.3 Å². The number of rotatable bonds is 6. The van der Waals surface area contributed by atoms with Gasteiger partial charge < -0.3 is 4.74 Å². The first-order valence-corrected chi connectivity index (χ1v) is 12.7. The maximum absolute atomic E-state index is 12.8. The van der Waals surface area contributed by atoms with Crippen LogP contribution in [0.3, 0.4) is 0 Å². The van der Waals surface area contributed by atoms with Crippen LogP contribution < -0.4 is 9.46 Å². The number of aryl methyl sites for hydroxylation is 1. The molecule has 180 valence electrons. The fourth-order valence-electron chi connectivity index (χ4n) is 3.75. The molecule has 0 spiro atoms. The summed E-state index contributed by atoms with van der Waals surface area (Å²) in [6.45, 7) is 1.95. The summed E-state index contributed by atoms with van der Waals surface area (Å²) in [6.07, 6.45) is 4.60. The van der Waals surface area contributed by atoms with Gasteiger partial charge in [0.1, 0.15) is 12.1 Å². The summed E-state index contributed by atoms with van der Waals surface area (Å²) in [5.74, 6) is 0.871. The van der Waals surface area contributed by atoms with E-state index >= 15 is 0 Å². The number of hydrogen-bond acceptors (Lipinski definition) is 6. The Morgan fingerprint density at radius 3 is 2.44 bits per heavy atom. The average molecular weight is 536 g/mol. The zero-order valence-corrected chi connectivity index (χ0v) is 21.5. The number of ether oxygens (including phenoxy) is 1. The number of nitrogens with one attached hydrogen (secondary N) is 1. The number of hydrogen-bond donors (Lipinski definition) is 1. The molecule has 2 aromatic heterocycles. The Hall–Kier alpha value is -3.59. The van der Waals surface area contributed by atoms with Crippen LogP contribution in [0.4, 0.5) is 5.95 Å². The first-order chi connectivity index (χ1) is 17.4. The highest BCUT2D eigenvalue weighted by atomic mass is 35.5. The van der Waals surface area contributed by atoms with Crippen LogP contribution in [0.15, 0.2) is 78.2 Å². The molecule has 5 aromatic rings. The monoisotopic (exact) mass is 535 g/mol. The zero-order valence-electron chi connectivity index (χ0n) is 19.2. The van der Waals surface area contributed by atoms with E-state index < -0.39 is 11.0 Å². The van der Waals surface area contributed by atoms with Crippen LogP contribution in [-0.2, 0) is 11.0 Å². The molecule has 0 saturated heterocycles. The van der Waals surface area contributed by atoms with Gasteiger partial charge in [0.2, 0.25) is 5.95 Å². The van der Waals surface area contributed by atoms with Gasteiger partial charge in [-0.15, -0.1) is 0 Å². The summed E-state index contributed by atoms with van der Waals surface area (Å²) in [5.41, 5.74) is 4.64. The van der Waals surface area contributed by atoms with Crippen molar-refractivity contribution in [3.05, 3.63) is 88.9 Å². The molecule has 0 amide bonds. The molecule has 5 rings (SSSR count). The summed E-state index contributed by atoms with van der Waals surface area (Å²) >= 11 is 13.1. The van der Waals surface area contributed by atoms with Crippen LogP contribution in [0, 0.1) is 6.92 Å². The quantitative estimate of drug-likeness (QED) is 0.266. The molecule has 0 aliphatic heterocycles. The summed E-state index contributed by atoms with van der Waals surface area (Å²) in [7, 11) is 0.0266. The fourth-order valence-corrected chi connectivity index (χ4v) is 5.00. The molecular weight excluding hydrogens is 517 g/mol. The van der Waals surface area contributed by atoms with Gasteiger partial charge in [0, 0.05) is 39.0 Å². The van der Waals surface area contributed by atoms with Crippen LogP contribution in [0.2, 0.25) is 10.0 Å². The van der Waals surface area contributed by atoms with Crippen molar-refractivity contribution in [2.75, 3.05) is 11.8 Å². The topological polar surface area (TPSA) is 89.9 Å². The Kier molecular flexibility index (Phi) is 6.82. The lowest BCUT2D eigenvalue weighted by molar-refractivity contribution is 0.416. The molecule has 0 bridgehead atoms. The largest absolute Gasteiger partial charge is 0.496 e. The molecule has 1 N–H and O–H groups in total. The van der Waals surface area contributed by atoms with Crippen molar-refractivity contribution in [2.45, 2.75) is 11.8 Å². The van der Waals surface area contributed by atoms with Crippen molar-refractivity contribution in [1.29, 1.82) is 0 Å². The minimum absolute atomic E-state index is 0.272. The lowest BCUT2D eigenvalue weighted by atomic mass is 9.99. The van der Waals surface area contributed by atoms with Crippen molar-refractivity contribution < 1.29 is 8.95 Å². The van der Waals surface area contributed by atoms with Crippen LogP contribution >= 0.6 is 23.2 Å². The number of aromatic nitrogens is 4. The summed E-state index contributed by atoms with van der Waals surface area (Å²) < 4.78 is 21.3. The van der Waals surface area contributed by atoms with E-state index in [0.717, 1.165) is 22.1 Å². The van der Waals surface area contributed by atoms with Crippen LogP contribution in [0.1, 0.15) is 5.56 Å². The van der Waals surface area contributed by atoms with E-state index in [-0.39, 0.29) is 5.95 Å². The summed E-state index contributed by atoms with van der Waals surface area (Å²) in [5, 5.41) is 1.95. The lowest BCUT2D eigenvalue weighted by Crippen LogP contribution is -2.07. The molecule has 3 aromatic carbocycles. The summed E-state index contributed by atoms with van der Waals surface area (Å²) in [6, 6.07) is 16.5. The molecule has 1 unspecified atom stereocenters. The van der Waals surface area contributed by atoms with E-state index in [1.807, 2.05) is 43.3 Å². The number of halogens is 2. The molecule has 36 heavy (non-hydrogen) atoms. The molecule has 0 aliphatic rings. The molecule has 7 nitrogen and oxygen atoms in total. The van der Waals surface area contributed by atoms with Crippen molar-refractivity contribution >= 4 is 51.0 Å². The van der Waals surface area contributed by atoms with Gasteiger partial charge in [-0.2, -0.15) is 0 Å². The van der Waals surface area contributed by atoms with Crippen LogP contribution in [0.25, 0.3) is 33.3 Å². The van der Waals surface area contributed by atoms with Gasteiger partial charge in [0.25, 0.3) is 0 Å². The maximum atomic E-state index is 12.8. The number of methoxy groups -OCH3 is 1. The number of nitrogens with zero attached hydrogens (tertiary/aromatic N) is 4. The van der Waals surface area contributed by atoms with Gasteiger partial charge >= 0.3 is 0 Å². The van der Waals surface area contributed by atoms with E-state index in [1.54, 1.807) is 37.7 Å².